The van der Waals surface area contributed by atoms with E-state index < -0.39 is 5.79 Å². The van der Waals surface area contributed by atoms with Crippen LogP contribution in [0.5, 0.6) is 0 Å². The molecule has 3 heterocycles. The molecule has 3 aliphatic rings. The van der Waals surface area contributed by atoms with Crippen molar-refractivity contribution in [2.24, 2.45) is 0 Å². The van der Waals surface area contributed by atoms with Gasteiger partial charge < -0.3 is 29.3 Å². The maximum atomic E-state index is 12.4. The van der Waals surface area contributed by atoms with Crippen molar-refractivity contribution in [1.82, 2.24) is 15.1 Å². The molecule has 3 fully saturated rings. The van der Waals surface area contributed by atoms with Gasteiger partial charge in [0, 0.05) is 45.1 Å². The predicted molar refractivity (Wildman–Crippen MR) is 94.8 cm³/mol. The van der Waals surface area contributed by atoms with Gasteiger partial charge in [-0.05, 0) is 19.8 Å². The number of hydrogen-bond donors (Lipinski definition) is 1. The number of hydrogen-bond acceptors (Lipinski definition) is 6. The average Bonchev–Trinajstić information content (AvgIpc) is 3.11. The van der Waals surface area contributed by atoms with Crippen LogP contribution < -0.4 is 5.32 Å². The quantitative estimate of drug-likeness (QED) is 0.709. The Kier molecular flexibility index (Phi) is 6.54. The minimum absolute atomic E-state index is 0.0131. The number of rotatable bonds is 4. The Balaban J connectivity index is 1.36. The van der Waals surface area contributed by atoms with Crippen molar-refractivity contribution in [3.8, 4) is 0 Å². The summed E-state index contributed by atoms with van der Waals surface area (Å²) in [7, 11) is 0. The van der Waals surface area contributed by atoms with Crippen LogP contribution in [-0.4, -0.2) is 85.5 Å². The Labute approximate surface area is 159 Å². The maximum absolute atomic E-state index is 12.4. The molecule has 3 amide bonds. The zero-order chi connectivity index (χ0) is 19.3. The highest BCUT2D eigenvalue weighted by atomic mass is 16.7. The lowest BCUT2D eigenvalue weighted by Gasteiger charge is -2.37. The van der Waals surface area contributed by atoms with Gasteiger partial charge in [0.1, 0.15) is 6.42 Å². The molecule has 27 heavy (non-hydrogen) atoms. The molecular formula is C18H29N3O6. The molecule has 0 bridgehead atoms. The minimum atomic E-state index is -0.522. The first-order chi connectivity index (χ1) is 13.0. The lowest BCUT2D eigenvalue weighted by Crippen LogP contribution is -2.49. The smallest absolute Gasteiger partial charge is 0.409 e. The molecule has 0 radical (unpaired) electrons. The minimum Gasteiger partial charge on any atom is -0.450 e. The van der Waals surface area contributed by atoms with Crippen LogP contribution in [0.2, 0.25) is 0 Å². The fourth-order valence-corrected chi connectivity index (χ4v) is 3.83. The lowest BCUT2D eigenvalue weighted by molar-refractivity contribution is -0.187. The van der Waals surface area contributed by atoms with E-state index in [-0.39, 0.29) is 30.4 Å². The molecule has 0 aromatic heterocycles. The van der Waals surface area contributed by atoms with Crippen molar-refractivity contribution in [2.45, 2.75) is 50.9 Å². The molecule has 0 aromatic rings. The molecule has 152 valence electrons. The van der Waals surface area contributed by atoms with Crippen molar-refractivity contribution in [1.29, 1.82) is 0 Å². The van der Waals surface area contributed by atoms with E-state index in [2.05, 4.69) is 5.32 Å². The topological polar surface area (TPSA) is 97.4 Å². The monoisotopic (exact) mass is 383 g/mol. The highest BCUT2D eigenvalue weighted by molar-refractivity contribution is 5.97. The third-order valence-electron chi connectivity index (χ3n) is 5.39. The van der Waals surface area contributed by atoms with E-state index in [0.29, 0.717) is 71.7 Å². The Morgan fingerprint density at radius 2 is 1.67 bits per heavy atom. The summed E-state index contributed by atoms with van der Waals surface area (Å²) in [6.07, 6.45) is 2.17. The number of likely N-dealkylation sites (tertiary alicyclic amines) is 2. The van der Waals surface area contributed by atoms with Gasteiger partial charge in [-0.1, -0.05) is 0 Å². The molecule has 9 nitrogen and oxygen atoms in total. The van der Waals surface area contributed by atoms with Gasteiger partial charge >= 0.3 is 6.09 Å². The van der Waals surface area contributed by atoms with Gasteiger partial charge in [-0.3, -0.25) is 9.59 Å². The summed E-state index contributed by atoms with van der Waals surface area (Å²) < 4.78 is 16.3. The van der Waals surface area contributed by atoms with Crippen LogP contribution in [0, 0.1) is 0 Å². The summed E-state index contributed by atoms with van der Waals surface area (Å²) in [6.45, 7) is 5.52. The van der Waals surface area contributed by atoms with Crippen LogP contribution in [0.1, 0.15) is 39.0 Å². The maximum Gasteiger partial charge on any atom is 0.409 e. The van der Waals surface area contributed by atoms with Gasteiger partial charge in [-0.2, -0.15) is 0 Å². The standard InChI is InChI=1S/C18H29N3O6/c1-2-25-17(24)21-7-3-14(4-8-21)19-15(22)13-16(23)20-9-5-18(6-10-20)26-11-12-27-18/h14H,2-13H2,1H3,(H,19,22). The molecule has 0 saturated carbocycles. The summed E-state index contributed by atoms with van der Waals surface area (Å²) in [5, 5.41) is 2.91. The van der Waals surface area contributed by atoms with Crippen LogP contribution in [0.4, 0.5) is 4.79 Å². The molecule has 9 heteroatoms. The van der Waals surface area contributed by atoms with Crippen molar-refractivity contribution in [3.05, 3.63) is 0 Å². The molecule has 1 spiro atoms. The van der Waals surface area contributed by atoms with E-state index in [9.17, 15) is 14.4 Å². The Bertz CT molecular complexity index is 545. The predicted octanol–water partition coefficient (Wildman–Crippen LogP) is 0.479. The molecule has 0 aliphatic carbocycles. The second-order valence-corrected chi connectivity index (χ2v) is 7.19. The van der Waals surface area contributed by atoms with Crippen molar-refractivity contribution in [3.63, 3.8) is 0 Å². The Morgan fingerprint density at radius 3 is 2.26 bits per heavy atom. The zero-order valence-electron chi connectivity index (χ0n) is 15.9. The SMILES string of the molecule is CCOC(=O)N1CCC(NC(=O)CC(=O)N2CCC3(CC2)OCCO3)CC1. The summed E-state index contributed by atoms with van der Waals surface area (Å²) in [5.41, 5.74) is 0. The highest BCUT2D eigenvalue weighted by Crippen LogP contribution is 2.31. The molecule has 0 unspecified atom stereocenters. The van der Waals surface area contributed by atoms with Gasteiger partial charge in [0.15, 0.2) is 5.79 Å². The number of nitrogens with zero attached hydrogens (tertiary/aromatic N) is 2. The van der Waals surface area contributed by atoms with Crippen LogP contribution in [0.3, 0.4) is 0 Å². The molecule has 3 aliphatic heterocycles. The normalized spacial score (nSPS) is 22.7. The summed E-state index contributed by atoms with van der Waals surface area (Å²) in [4.78, 5) is 39.6. The van der Waals surface area contributed by atoms with Crippen molar-refractivity contribution in [2.75, 3.05) is 46.0 Å². The van der Waals surface area contributed by atoms with Crippen LogP contribution in [0.15, 0.2) is 0 Å². The second-order valence-electron chi connectivity index (χ2n) is 7.19. The summed E-state index contributed by atoms with van der Waals surface area (Å²) in [6, 6.07) is -0.0131. The first kappa shape index (κ1) is 19.9. The zero-order valence-corrected chi connectivity index (χ0v) is 15.9. The number of amides is 3. The average molecular weight is 383 g/mol. The fraction of sp³-hybridized carbons (Fsp3) is 0.833. The van der Waals surface area contributed by atoms with E-state index in [1.807, 2.05) is 0 Å². The fourth-order valence-electron chi connectivity index (χ4n) is 3.83. The van der Waals surface area contributed by atoms with Gasteiger partial charge in [0.2, 0.25) is 11.8 Å². The van der Waals surface area contributed by atoms with Crippen LogP contribution >= 0.6 is 0 Å². The lowest BCUT2D eigenvalue weighted by atomic mass is 10.0. The van der Waals surface area contributed by atoms with Gasteiger partial charge in [-0.15, -0.1) is 0 Å². The van der Waals surface area contributed by atoms with Crippen LogP contribution in [0.25, 0.3) is 0 Å². The molecule has 0 atom stereocenters. The number of nitrogens with one attached hydrogen (secondary N) is 1. The third kappa shape index (κ3) is 5.10. The van der Waals surface area contributed by atoms with Gasteiger partial charge in [-0.25, -0.2) is 4.79 Å². The number of carbonyl (C=O) groups is 3. The van der Waals surface area contributed by atoms with Gasteiger partial charge in [0.25, 0.3) is 0 Å². The first-order valence-corrected chi connectivity index (χ1v) is 9.78. The number of carbonyl (C=O) groups excluding carboxylic acids is 3. The largest absolute Gasteiger partial charge is 0.450 e. The molecule has 3 rings (SSSR count). The van der Waals surface area contributed by atoms with Crippen molar-refractivity contribution >= 4 is 17.9 Å². The van der Waals surface area contributed by atoms with Crippen molar-refractivity contribution < 1.29 is 28.6 Å². The third-order valence-corrected chi connectivity index (χ3v) is 5.39. The first-order valence-electron chi connectivity index (χ1n) is 9.78. The molecule has 3 saturated heterocycles. The van der Waals surface area contributed by atoms with E-state index >= 15 is 0 Å². The second kappa shape index (κ2) is 8.88. The van der Waals surface area contributed by atoms with E-state index in [1.165, 1.54) is 0 Å². The Hall–Kier alpha value is -1.87. The van der Waals surface area contributed by atoms with Gasteiger partial charge in [0.05, 0.1) is 19.8 Å². The highest BCUT2D eigenvalue weighted by Gasteiger charge is 2.40. The summed E-state index contributed by atoms with van der Waals surface area (Å²) in [5.74, 6) is -0.945. The Morgan fingerprint density at radius 1 is 1.04 bits per heavy atom. The van der Waals surface area contributed by atoms with E-state index in [1.54, 1.807) is 16.7 Å². The number of ether oxygens (including phenoxy) is 3. The van der Waals surface area contributed by atoms with E-state index in [4.69, 9.17) is 14.2 Å². The number of piperidine rings is 2. The molecular weight excluding hydrogens is 354 g/mol. The molecule has 0 aromatic carbocycles. The van der Waals surface area contributed by atoms with E-state index in [0.717, 1.165) is 0 Å². The van der Waals surface area contributed by atoms with Crippen LogP contribution in [-0.2, 0) is 23.8 Å². The molecule has 1 N–H and O–H groups in total. The summed E-state index contributed by atoms with van der Waals surface area (Å²) >= 11 is 0.